The van der Waals surface area contributed by atoms with Gasteiger partial charge in [-0.3, -0.25) is 0 Å². The van der Waals surface area contributed by atoms with Gasteiger partial charge in [0.25, 0.3) is 0 Å². The van der Waals surface area contributed by atoms with Crippen LogP contribution >= 0.6 is 11.6 Å². The van der Waals surface area contributed by atoms with Crippen molar-refractivity contribution in [1.82, 2.24) is 0 Å². The Morgan fingerprint density at radius 1 is 0.875 bits per heavy atom. The zero-order chi connectivity index (χ0) is 15.3. The van der Waals surface area contributed by atoms with Gasteiger partial charge in [0.15, 0.2) is 0 Å². The second kappa shape index (κ2) is 11.1. The van der Waals surface area contributed by atoms with Crippen LogP contribution in [0.4, 0.5) is 13.2 Å². The van der Waals surface area contributed by atoms with E-state index < -0.39 is 11.2 Å². The molecule has 0 saturated carbocycles. The maximum Gasteiger partial charge on any atom is 3.00 e. The van der Waals surface area contributed by atoms with E-state index in [0.717, 1.165) is 11.6 Å². The van der Waals surface area contributed by atoms with Crippen molar-refractivity contribution in [2.75, 3.05) is 0 Å². The molecule has 24 heavy (non-hydrogen) atoms. The van der Waals surface area contributed by atoms with Crippen molar-refractivity contribution in [3.05, 3.63) is 94.7 Å². The molecule has 0 heterocycles. The molecule has 0 saturated heterocycles. The van der Waals surface area contributed by atoms with Crippen molar-refractivity contribution in [3.63, 3.8) is 0 Å². The van der Waals surface area contributed by atoms with E-state index in [0.29, 0.717) is 11.1 Å². The van der Waals surface area contributed by atoms with Crippen molar-refractivity contribution in [3.8, 4) is 0 Å². The molecule has 0 atom stereocenters. The fraction of sp³-hybridized carbons (Fsp3) is 0.0588. The molecule has 2 aromatic carbocycles. The molecule has 0 amide bonds. The van der Waals surface area contributed by atoms with Crippen LogP contribution in [0.1, 0.15) is 16.7 Å². The molecule has 0 bridgehead atoms. The molecule has 4 N–H and O–H groups in total. The number of rotatable bonds is 3. The number of alkyl halides is 3. The third kappa shape index (κ3) is 7.32. The minimum absolute atomic E-state index is 0. The average molecular weight is 398 g/mol. The average Bonchev–Trinajstić information content (AvgIpc) is 2.46. The summed E-state index contributed by atoms with van der Waals surface area (Å²) in [4.78, 5) is 0. The van der Waals surface area contributed by atoms with Crippen molar-refractivity contribution in [2.45, 2.75) is 6.18 Å². The van der Waals surface area contributed by atoms with E-state index in [1.807, 2.05) is 30.3 Å². The number of hydrogen-bond donors (Lipinski definition) is 0. The fourth-order valence-electron chi connectivity index (χ4n) is 1.69. The quantitative estimate of drug-likeness (QED) is 0.300. The smallest absolute Gasteiger partial charge is 0.693 e. The maximum absolute atomic E-state index is 12.5. The Balaban J connectivity index is 0. The van der Waals surface area contributed by atoms with Crippen LogP contribution in [0.15, 0.2) is 59.6 Å². The predicted octanol–water partition coefficient (Wildman–Crippen LogP) is 7.12. The summed E-state index contributed by atoms with van der Waals surface area (Å²) in [5.74, 6) is 0. The van der Waals surface area contributed by atoms with E-state index in [1.165, 1.54) is 0 Å². The molecule has 1 radical (unpaired) electrons. The first-order chi connectivity index (χ1) is 9.97. The Morgan fingerprint density at radius 3 is 1.92 bits per heavy atom. The van der Waals surface area contributed by atoms with Gasteiger partial charge < -0.3 is 12.3 Å². The zero-order valence-corrected chi connectivity index (χ0v) is 14.1. The predicted molar refractivity (Wildman–Crippen MR) is 90.1 cm³/mol. The van der Waals surface area contributed by atoms with Crippen LogP contribution in [-0.4, -0.2) is 6.18 Å². The van der Waals surface area contributed by atoms with Crippen LogP contribution in [0, 0.1) is 6.08 Å². The summed E-state index contributed by atoms with van der Waals surface area (Å²) < 4.78 is 37.5. The zero-order valence-electron chi connectivity index (χ0n) is 12.3. The molecule has 0 aromatic heterocycles. The minimum atomic E-state index is -4.54. The largest absolute Gasteiger partial charge is 3.00 e. The molecule has 0 spiro atoms. The van der Waals surface area contributed by atoms with Crippen molar-refractivity contribution < 1.29 is 29.7 Å². The Hall–Kier alpha value is -1.59. The number of allylic oxidation sites excluding steroid dienone is 1. The molecule has 131 valence electrons. The van der Waals surface area contributed by atoms with Crippen molar-refractivity contribution in [1.29, 1.82) is 0 Å². The summed E-state index contributed by atoms with van der Waals surface area (Å²) in [5.41, 5.74) is 1.85. The van der Waals surface area contributed by atoms with E-state index in [1.54, 1.807) is 30.3 Å². The molecule has 0 aliphatic carbocycles. The van der Waals surface area contributed by atoms with Gasteiger partial charge in [0, 0.05) is 0 Å². The molecule has 0 aliphatic heterocycles. The van der Waals surface area contributed by atoms with E-state index >= 15 is 0 Å². The summed E-state index contributed by atoms with van der Waals surface area (Å²) in [6, 6.07) is 16.0. The number of halogens is 4. The molecule has 0 aliphatic rings. The first kappa shape index (κ1) is 24.7. The Kier molecular flexibility index (Phi) is 11.4. The fourth-order valence-corrected chi connectivity index (χ4v) is 1.81. The summed E-state index contributed by atoms with van der Waals surface area (Å²) in [6.45, 7) is 0. The van der Waals surface area contributed by atoms with Gasteiger partial charge in [-0.2, -0.15) is 13.2 Å². The van der Waals surface area contributed by atoms with Gasteiger partial charge in [0.2, 0.25) is 0 Å². The maximum atomic E-state index is 12.5. The summed E-state index contributed by atoms with van der Waals surface area (Å²) in [5, 5.41) is -1.15. The summed E-state index contributed by atoms with van der Waals surface area (Å²) in [7, 11) is 0. The van der Waals surface area contributed by atoms with Gasteiger partial charge in [-0.1, -0.05) is 53.1 Å². The van der Waals surface area contributed by atoms with Gasteiger partial charge in [-0.05, 0) is 6.08 Å². The van der Waals surface area contributed by atoms with Crippen LogP contribution in [-0.2, 0) is 16.5 Å². The summed E-state index contributed by atoms with van der Waals surface area (Å²) >= 11 is 5.28. The van der Waals surface area contributed by atoms with Gasteiger partial charge >= 0.3 is 22.7 Å². The van der Waals surface area contributed by atoms with Crippen LogP contribution in [0.25, 0.3) is 24.5 Å². The Morgan fingerprint density at radius 2 is 1.38 bits per heavy atom. The first-order valence-corrected chi connectivity index (χ1v) is 6.53. The molecule has 7 heteroatoms. The monoisotopic (exact) mass is 397 g/mol. The van der Waals surface area contributed by atoms with Gasteiger partial charge in [0.1, 0.15) is 5.03 Å². The van der Waals surface area contributed by atoms with E-state index in [2.05, 4.69) is 6.08 Å². The second-order valence-corrected chi connectivity index (χ2v) is 4.68. The molecule has 2 nitrogen and oxygen atoms in total. The van der Waals surface area contributed by atoms with Crippen LogP contribution in [0.3, 0.4) is 0 Å². The molecular formula is C17H15ClF3N2Ni. The minimum Gasteiger partial charge on any atom is -0.693 e. The molecule has 2 rings (SSSR count). The standard InChI is InChI=1S/C17H11ClF3.2H2N.Ni/c18-16(17(19,20)21)12-15-9-5-4-8-14(15)11-10-13-6-2-1-3-7-13;;;/h1-9,11-12H;2*1H2;/q3*-1;+3/b16-12+;;;. The molecule has 0 unspecified atom stereocenters. The van der Waals surface area contributed by atoms with Crippen LogP contribution < -0.4 is 0 Å². The third-order valence-electron chi connectivity index (χ3n) is 2.72. The molecule has 2 aromatic rings. The van der Waals surface area contributed by atoms with Crippen LogP contribution in [0.2, 0.25) is 0 Å². The second-order valence-electron chi connectivity index (χ2n) is 4.27. The Labute approximate surface area is 154 Å². The number of hydrogen-bond acceptors (Lipinski definition) is 0. The van der Waals surface area contributed by atoms with E-state index in [-0.39, 0.29) is 28.8 Å². The van der Waals surface area contributed by atoms with Crippen LogP contribution in [0.5, 0.6) is 0 Å². The van der Waals surface area contributed by atoms with Gasteiger partial charge in [-0.25, -0.2) is 0 Å². The SMILES string of the molecule is FC(F)(F)/C(Cl)=C\c1ccccc1C=[C-]c1ccccc1.[NH2-].[NH2-].[Ni+3]. The molecular weight excluding hydrogens is 383 g/mol. The number of nitrogens with two attached hydrogens (primary N) is 2. The van der Waals surface area contributed by atoms with Crippen molar-refractivity contribution >= 4 is 23.8 Å². The van der Waals surface area contributed by atoms with E-state index in [4.69, 9.17) is 11.6 Å². The van der Waals surface area contributed by atoms with Gasteiger partial charge in [0.05, 0.1) is 0 Å². The van der Waals surface area contributed by atoms with E-state index in [9.17, 15) is 13.2 Å². The topological polar surface area (TPSA) is 67.0 Å². The third-order valence-corrected chi connectivity index (χ3v) is 3.04. The molecule has 0 fully saturated rings. The number of benzene rings is 2. The van der Waals surface area contributed by atoms with Gasteiger partial charge in [-0.15, -0.1) is 42.0 Å². The Bertz CT molecular complexity index is 671. The first-order valence-electron chi connectivity index (χ1n) is 6.15. The normalized spacial score (nSPS) is 11.2. The van der Waals surface area contributed by atoms with Crippen molar-refractivity contribution in [2.24, 2.45) is 0 Å². The summed E-state index contributed by atoms with van der Waals surface area (Å²) in [6.07, 6.45) is 1.05.